The van der Waals surface area contributed by atoms with Crippen molar-refractivity contribution in [3.63, 3.8) is 0 Å². The Kier molecular flexibility index (Phi) is 6.21. The van der Waals surface area contributed by atoms with Gasteiger partial charge in [-0.1, -0.05) is 52.4 Å². The Morgan fingerprint density at radius 2 is 1.41 bits per heavy atom. The zero-order valence-corrected chi connectivity index (χ0v) is 15.0. The van der Waals surface area contributed by atoms with Crippen LogP contribution in [0.5, 0.6) is 0 Å². The van der Waals surface area contributed by atoms with E-state index in [0.29, 0.717) is 0 Å². The van der Waals surface area contributed by atoms with Crippen molar-refractivity contribution < 1.29 is 0 Å². The number of nitrogens with zero attached hydrogens (tertiary/aromatic N) is 1. The minimum atomic E-state index is 0.756. The summed E-state index contributed by atoms with van der Waals surface area (Å²) >= 11 is 0. The van der Waals surface area contributed by atoms with Crippen LogP contribution in [-0.2, 0) is 0 Å². The molecule has 3 aliphatic rings. The van der Waals surface area contributed by atoms with E-state index in [1.165, 1.54) is 83.7 Å². The molecule has 0 bridgehead atoms. The van der Waals surface area contributed by atoms with Gasteiger partial charge in [-0.2, -0.15) is 0 Å². The van der Waals surface area contributed by atoms with E-state index in [1.807, 2.05) is 0 Å². The molecule has 1 aliphatic heterocycles. The van der Waals surface area contributed by atoms with E-state index >= 15 is 0 Å². The van der Waals surface area contributed by atoms with Crippen molar-refractivity contribution >= 4 is 0 Å². The van der Waals surface area contributed by atoms with Gasteiger partial charge in [0, 0.05) is 31.2 Å². The molecule has 0 aromatic carbocycles. The average Bonchev–Trinajstić information content (AvgIpc) is 2.56. The van der Waals surface area contributed by atoms with Gasteiger partial charge in [0.15, 0.2) is 0 Å². The van der Waals surface area contributed by atoms with E-state index in [4.69, 9.17) is 0 Å². The molecule has 2 heteroatoms. The van der Waals surface area contributed by atoms with Crippen molar-refractivity contribution in [2.24, 2.45) is 11.8 Å². The van der Waals surface area contributed by atoms with E-state index in [1.54, 1.807) is 0 Å². The maximum atomic E-state index is 4.07. The standard InChI is InChI=1S/C20H38N2/c1-16(2)17-13-19(21-18-9-5-3-6-10-18)15-22(14-17)20-11-7-4-8-12-20/h16-21H,3-15H2,1-2H3. The number of likely N-dealkylation sites (tertiary alicyclic amines) is 1. The molecule has 22 heavy (non-hydrogen) atoms. The minimum absolute atomic E-state index is 0.756. The molecule has 3 fully saturated rings. The molecule has 0 aromatic heterocycles. The highest BCUT2D eigenvalue weighted by molar-refractivity contribution is 4.90. The lowest BCUT2D eigenvalue weighted by Crippen LogP contribution is -2.55. The molecular weight excluding hydrogens is 268 g/mol. The van der Waals surface area contributed by atoms with E-state index < -0.39 is 0 Å². The third kappa shape index (κ3) is 4.47. The third-order valence-electron chi connectivity index (χ3n) is 6.62. The fourth-order valence-electron chi connectivity index (χ4n) is 5.12. The summed E-state index contributed by atoms with van der Waals surface area (Å²) in [7, 11) is 0. The maximum Gasteiger partial charge on any atom is 0.0200 e. The van der Waals surface area contributed by atoms with Crippen LogP contribution < -0.4 is 5.32 Å². The van der Waals surface area contributed by atoms with Crippen molar-refractivity contribution in [2.45, 2.75) is 103 Å². The lowest BCUT2D eigenvalue weighted by molar-refractivity contribution is 0.0571. The summed E-state index contributed by atoms with van der Waals surface area (Å²) in [4.78, 5) is 2.88. The predicted octanol–water partition coefficient (Wildman–Crippen LogP) is 4.59. The van der Waals surface area contributed by atoms with Crippen molar-refractivity contribution in [1.29, 1.82) is 0 Å². The lowest BCUT2D eigenvalue weighted by Gasteiger charge is -2.45. The van der Waals surface area contributed by atoms with Crippen molar-refractivity contribution in [2.75, 3.05) is 13.1 Å². The summed E-state index contributed by atoms with van der Waals surface area (Å²) in [5.74, 6) is 1.74. The average molecular weight is 307 g/mol. The van der Waals surface area contributed by atoms with E-state index in [0.717, 1.165) is 30.0 Å². The van der Waals surface area contributed by atoms with Gasteiger partial charge in [0.05, 0.1) is 0 Å². The Morgan fingerprint density at radius 1 is 0.773 bits per heavy atom. The Morgan fingerprint density at radius 3 is 2.05 bits per heavy atom. The minimum Gasteiger partial charge on any atom is -0.310 e. The molecule has 1 heterocycles. The van der Waals surface area contributed by atoms with Gasteiger partial charge in [-0.15, -0.1) is 0 Å². The largest absolute Gasteiger partial charge is 0.310 e. The summed E-state index contributed by atoms with van der Waals surface area (Å²) < 4.78 is 0. The number of hydrogen-bond donors (Lipinski definition) is 1. The number of nitrogens with one attached hydrogen (secondary N) is 1. The zero-order chi connectivity index (χ0) is 15.4. The molecule has 2 aliphatic carbocycles. The molecule has 1 N–H and O–H groups in total. The number of hydrogen-bond acceptors (Lipinski definition) is 2. The highest BCUT2D eigenvalue weighted by atomic mass is 15.2. The molecule has 2 saturated carbocycles. The normalized spacial score (nSPS) is 33.4. The van der Waals surface area contributed by atoms with Gasteiger partial charge in [-0.3, -0.25) is 4.90 Å². The van der Waals surface area contributed by atoms with Crippen molar-refractivity contribution in [3.8, 4) is 0 Å². The topological polar surface area (TPSA) is 15.3 Å². The second-order valence-electron chi connectivity index (χ2n) is 8.68. The third-order valence-corrected chi connectivity index (χ3v) is 6.62. The molecule has 0 amide bonds. The fraction of sp³-hybridized carbons (Fsp3) is 1.00. The maximum absolute atomic E-state index is 4.07. The molecule has 0 aromatic rings. The quantitative estimate of drug-likeness (QED) is 0.817. The number of rotatable bonds is 4. The first kappa shape index (κ1) is 16.8. The molecule has 2 atom stereocenters. The van der Waals surface area contributed by atoms with Crippen LogP contribution in [0.15, 0.2) is 0 Å². The summed E-state index contributed by atoms with van der Waals surface area (Å²) in [6, 6.07) is 2.47. The first-order valence-electron chi connectivity index (χ1n) is 10.2. The smallest absolute Gasteiger partial charge is 0.0200 e. The van der Waals surface area contributed by atoms with Crippen LogP contribution in [0.2, 0.25) is 0 Å². The molecule has 0 radical (unpaired) electrons. The lowest BCUT2D eigenvalue weighted by atomic mass is 9.82. The molecular formula is C20H38N2. The van der Waals surface area contributed by atoms with Crippen LogP contribution in [0, 0.1) is 11.8 Å². The van der Waals surface area contributed by atoms with Gasteiger partial charge in [0.2, 0.25) is 0 Å². The van der Waals surface area contributed by atoms with Gasteiger partial charge in [-0.05, 0) is 43.9 Å². The second-order valence-corrected chi connectivity index (χ2v) is 8.68. The molecule has 3 rings (SSSR count). The van der Waals surface area contributed by atoms with Crippen molar-refractivity contribution in [1.82, 2.24) is 10.2 Å². The van der Waals surface area contributed by atoms with Gasteiger partial charge < -0.3 is 5.32 Å². The molecule has 1 saturated heterocycles. The zero-order valence-electron chi connectivity index (χ0n) is 15.0. The van der Waals surface area contributed by atoms with Gasteiger partial charge in [-0.25, -0.2) is 0 Å². The van der Waals surface area contributed by atoms with Crippen LogP contribution in [0.3, 0.4) is 0 Å². The number of piperidine rings is 1. The van der Waals surface area contributed by atoms with Gasteiger partial charge >= 0.3 is 0 Å². The van der Waals surface area contributed by atoms with Crippen LogP contribution in [0.25, 0.3) is 0 Å². The molecule has 128 valence electrons. The van der Waals surface area contributed by atoms with E-state index in [-0.39, 0.29) is 0 Å². The summed E-state index contributed by atoms with van der Waals surface area (Å²) in [5, 5.41) is 4.07. The van der Waals surface area contributed by atoms with E-state index in [9.17, 15) is 0 Å². The van der Waals surface area contributed by atoms with Crippen LogP contribution >= 0.6 is 0 Å². The highest BCUT2D eigenvalue weighted by Gasteiger charge is 2.33. The Labute approximate surface area is 138 Å². The molecule has 0 spiro atoms. The molecule has 2 nitrogen and oxygen atoms in total. The Hall–Kier alpha value is -0.0800. The first-order valence-corrected chi connectivity index (χ1v) is 10.2. The van der Waals surface area contributed by atoms with Gasteiger partial charge in [0.1, 0.15) is 0 Å². The Balaban J connectivity index is 1.58. The van der Waals surface area contributed by atoms with Gasteiger partial charge in [0.25, 0.3) is 0 Å². The van der Waals surface area contributed by atoms with Crippen LogP contribution in [0.1, 0.15) is 84.5 Å². The Bertz CT molecular complexity index is 316. The highest BCUT2D eigenvalue weighted by Crippen LogP contribution is 2.31. The monoisotopic (exact) mass is 306 g/mol. The van der Waals surface area contributed by atoms with E-state index in [2.05, 4.69) is 24.1 Å². The fourth-order valence-corrected chi connectivity index (χ4v) is 5.12. The predicted molar refractivity (Wildman–Crippen MR) is 95.2 cm³/mol. The second kappa shape index (κ2) is 8.15. The van der Waals surface area contributed by atoms with Crippen molar-refractivity contribution in [3.05, 3.63) is 0 Å². The van der Waals surface area contributed by atoms with Crippen LogP contribution in [-0.4, -0.2) is 36.1 Å². The summed E-state index contributed by atoms with van der Waals surface area (Å²) in [5.41, 5.74) is 0. The van der Waals surface area contributed by atoms with Crippen LogP contribution in [0.4, 0.5) is 0 Å². The summed E-state index contributed by atoms with van der Waals surface area (Å²) in [6.45, 7) is 7.56. The molecule has 2 unspecified atom stereocenters. The SMILES string of the molecule is CC(C)C1CC(NC2CCCCC2)CN(C2CCCCC2)C1. The first-order chi connectivity index (χ1) is 10.7. The summed E-state index contributed by atoms with van der Waals surface area (Å²) in [6.07, 6.45) is 15.9.